The van der Waals surface area contributed by atoms with E-state index in [1.165, 1.54) is 0 Å². The lowest BCUT2D eigenvalue weighted by Gasteiger charge is -2.30. The lowest BCUT2D eigenvalue weighted by molar-refractivity contribution is 0.0654. The Balaban J connectivity index is 1.93. The third kappa shape index (κ3) is 2.47. The Morgan fingerprint density at radius 2 is 2.10 bits per heavy atom. The van der Waals surface area contributed by atoms with E-state index < -0.39 is 6.10 Å². The van der Waals surface area contributed by atoms with E-state index in [0.29, 0.717) is 22.9 Å². The predicted octanol–water partition coefficient (Wildman–Crippen LogP) is 3.91. The lowest BCUT2D eigenvalue weighted by Crippen LogP contribution is -2.19. The highest BCUT2D eigenvalue weighted by Crippen LogP contribution is 2.42. The quantitative estimate of drug-likeness (QED) is 0.911. The van der Waals surface area contributed by atoms with Gasteiger partial charge < -0.3 is 14.6 Å². The van der Waals surface area contributed by atoms with Gasteiger partial charge in [-0.1, -0.05) is 23.7 Å². The fraction of sp³-hybridized carbons (Fsp3) is 0.250. The maximum atomic E-state index is 10.3. The van der Waals surface area contributed by atoms with E-state index in [1.807, 2.05) is 42.5 Å². The van der Waals surface area contributed by atoms with Crippen LogP contribution < -0.4 is 9.47 Å². The van der Waals surface area contributed by atoms with Crippen molar-refractivity contribution in [3.8, 4) is 11.5 Å². The number of benzene rings is 2. The fourth-order valence-electron chi connectivity index (χ4n) is 2.46. The summed E-state index contributed by atoms with van der Waals surface area (Å²) in [4.78, 5) is 0. The van der Waals surface area contributed by atoms with Gasteiger partial charge in [0.25, 0.3) is 0 Å². The molecule has 0 saturated heterocycles. The second kappa shape index (κ2) is 5.35. The Kier molecular flexibility index (Phi) is 3.55. The number of aliphatic hydroxyl groups excluding tert-OH is 1. The van der Waals surface area contributed by atoms with Crippen LogP contribution in [0.25, 0.3) is 0 Å². The van der Waals surface area contributed by atoms with Gasteiger partial charge in [-0.3, -0.25) is 0 Å². The molecule has 4 heteroatoms. The smallest absolute Gasteiger partial charge is 0.127 e. The van der Waals surface area contributed by atoms with Crippen molar-refractivity contribution in [1.29, 1.82) is 0 Å². The number of rotatable bonds is 2. The predicted molar refractivity (Wildman–Crippen MR) is 77.4 cm³/mol. The minimum atomic E-state index is -0.571. The number of hydrogen-bond acceptors (Lipinski definition) is 3. The van der Waals surface area contributed by atoms with Crippen LogP contribution in [-0.4, -0.2) is 12.2 Å². The Labute approximate surface area is 122 Å². The highest BCUT2D eigenvalue weighted by Gasteiger charge is 2.28. The second-order valence-corrected chi connectivity index (χ2v) is 5.25. The van der Waals surface area contributed by atoms with Crippen molar-refractivity contribution in [2.75, 3.05) is 7.11 Å². The van der Waals surface area contributed by atoms with Crippen LogP contribution in [0.2, 0.25) is 5.02 Å². The number of methoxy groups -OCH3 is 1. The maximum Gasteiger partial charge on any atom is 0.127 e. The molecule has 0 spiro atoms. The summed E-state index contributed by atoms with van der Waals surface area (Å²) in [5.41, 5.74) is 1.74. The molecule has 20 heavy (non-hydrogen) atoms. The summed E-state index contributed by atoms with van der Waals surface area (Å²) in [5.74, 6) is 1.40. The van der Waals surface area contributed by atoms with Crippen molar-refractivity contribution in [3.05, 3.63) is 58.6 Å². The van der Waals surface area contributed by atoms with Crippen molar-refractivity contribution < 1.29 is 14.6 Å². The van der Waals surface area contributed by atoms with Gasteiger partial charge in [0.15, 0.2) is 0 Å². The molecule has 0 bridgehead atoms. The molecule has 0 radical (unpaired) electrons. The van der Waals surface area contributed by atoms with Gasteiger partial charge in [0, 0.05) is 17.0 Å². The van der Waals surface area contributed by atoms with Gasteiger partial charge in [0.05, 0.1) is 13.2 Å². The van der Waals surface area contributed by atoms with Crippen molar-refractivity contribution in [3.63, 3.8) is 0 Å². The zero-order chi connectivity index (χ0) is 14.1. The lowest BCUT2D eigenvalue weighted by atomic mass is 9.95. The van der Waals surface area contributed by atoms with E-state index in [0.717, 1.165) is 11.1 Å². The van der Waals surface area contributed by atoms with Crippen LogP contribution in [0.4, 0.5) is 0 Å². The molecule has 2 unspecified atom stereocenters. The highest BCUT2D eigenvalue weighted by molar-refractivity contribution is 6.30. The van der Waals surface area contributed by atoms with E-state index >= 15 is 0 Å². The van der Waals surface area contributed by atoms with Crippen LogP contribution in [0.15, 0.2) is 42.5 Å². The zero-order valence-corrected chi connectivity index (χ0v) is 11.8. The maximum absolute atomic E-state index is 10.3. The third-order valence-electron chi connectivity index (χ3n) is 3.50. The van der Waals surface area contributed by atoms with Gasteiger partial charge >= 0.3 is 0 Å². The van der Waals surface area contributed by atoms with Gasteiger partial charge in [0.2, 0.25) is 0 Å². The van der Waals surface area contributed by atoms with Gasteiger partial charge in [-0.05, 0) is 35.9 Å². The number of hydrogen-bond donors (Lipinski definition) is 1. The normalized spacial score (nSPS) is 20.9. The molecule has 0 fully saturated rings. The molecule has 1 heterocycles. The van der Waals surface area contributed by atoms with Crippen molar-refractivity contribution >= 4 is 11.6 Å². The topological polar surface area (TPSA) is 38.7 Å². The van der Waals surface area contributed by atoms with Crippen LogP contribution in [0.5, 0.6) is 11.5 Å². The van der Waals surface area contributed by atoms with Crippen LogP contribution in [-0.2, 0) is 0 Å². The Hall–Kier alpha value is -1.71. The Morgan fingerprint density at radius 3 is 2.85 bits per heavy atom. The molecule has 1 aliphatic rings. The first-order valence-corrected chi connectivity index (χ1v) is 6.83. The summed E-state index contributed by atoms with van der Waals surface area (Å²) in [7, 11) is 1.60. The Bertz CT molecular complexity index is 627. The number of fused-ring (bicyclic) bond motifs is 1. The average Bonchev–Trinajstić information content (AvgIpc) is 2.47. The number of ether oxygens (including phenoxy) is 2. The van der Waals surface area contributed by atoms with Gasteiger partial charge in [0.1, 0.15) is 17.6 Å². The van der Waals surface area contributed by atoms with Gasteiger partial charge in [-0.2, -0.15) is 0 Å². The van der Waals surface area contributed by atoms with Gasteiger partial charge in [-0.25, -0.2) is 0 Å². The summed E-state index contributed by atoms with van der Waals surface area (Å²) in [6.07, 6.45) is -0.261. The largest absolute Gasteiger partial charge is 0.497 e. The van der Waals surface area contributed by atoms with E-state index in [-0.39, 0.29) is 6.10 Å². The van der Waals surface area contributed by atoms with E-state index in [2.05, 4.69) is 0 Å². The summed E-state index contributed by atoms with van der Waals surface area (Å²) in [5, 5.41) is 11.0. The van der Waals surface area contributed by atoms with E-state index in [4.69, 9.17) is 21.1 Å². The molecule has 104 valence electrons. The summed E-state index contributed by atoms with van der Waals surface area (Å²) in [6.45, 7) is 0. The molecule has 2 aromatic carbocycles. The van der Waals surface area contributed by atoms with Crippen molar-refractivity contribution in [1.82, 2.24) is 0 Å². The minimum Gasteiger partial charge on any atom is -0.497 e. The van der Waals surface area contributed by atoms with Gasteiger partial charge in [-0.15, -0.1) is 0 Å². The first kappa shape index (κ1) is 13.3. The standard InChI is InChI=1S/C16H15ClO3/c1-19-12-5-6-15-13(8-12)14(18)9-16(20-15)10-3-2-4-11(17)7-10/h2-8,14,16,18H,9H2,1H3. The molecule has 0 aromatic heterocycles. The van der Waals surface area contributed by atoms with Crippen molar-refractivity contribution in [2.45, 2.75) is 18.6 Å². The number of halogens is 1. The van der Waals surface area contributed by atoms with Crippen LogP contribution >= 0.6 is 11.6 Å². The SMILES string of the molecule is COc1ccc2c(c1)C(O)CC(c1cccc(Cl)c1)O2. The van der Waals surface area contributed by atoms with Crippen LogP contribution in [0.1, 0.15) is 29.8 Å². The molecule has 0 aliphatic carbocycles. The molecular formula is C16H15ClO3. The monoisotopic (exact) mass is 290 g/mol. The minimum absolute atomic E-state index is 0.190. The first-order valence-electron chi connectivity index (χ1n) is 6.45. The number of aliphatic hydroxyl groups is 1. The first-order chi connectivity index (χ1) is 9.67. The zero-order valence-electron chi connectivity index (χ0n) is 11.0. The van der Waals surface area contributed by atoms with Crippen LogP contribution in [0, 0.1) is 0 Å². The summed E-state index contributed by atoms with van der Waals surface area (Å²) < 4.78 is 11.1. The second-order valence-electron chi connectivity index (χ2n) is 4.82. The summed E-state index contributed by atoms with van der Waals surface area (Å²) >= 11 is 6.01. The molecule has 1 N–H and O–H groups in total. The molecule has 0 amide bonds. The van der Waals surface area contributed by atoms with Crippen molar-refractivity contribution in [2.24, 2.45) is 0 Å². The van der Waals surface area contributed by atoms with E-state index in [1.54, 1.807) is 7.11 Å². The molecule has 3 nitrogen and oxygen atoms in total. The average molecular weight is 291 g/mol. The fourth-order valence-corrected chi connectivity index (χ4v) is 2.66. The molecule has 0 saturated carbocycles. The molecule has 3 rings (SSSR count). The third-order valence-corrected chi connectivity index (χ3v) is 3.74. The molecular weight excluding hydrogens is 276 g/mol. The summed E-state index contributed by atoms with van der Waals surface area (Å²) in [6, 6.07) is 13.0. The highest BCUT2D eigenvalue weighted by atomic mass is 35.5. The van der Waals surface area contributed by atoms with Crippen LogP contribution in [0.3, 0.4) is 0 Å². The molecule has 2 atom stereocenters. The molecule has 2 aromatic rings. The van der Waals surface area contributed by atoms with E-state index in [9.17, 15) is 5.11 Å². The Morgan fingerprint density at radius 1 is 1.25 bits per heavy atom. The molecule has 1 aliphatic heterocycles.